The summed E-state index contributed by atoms with van der Waals surface area (Å²) >= 11 is 1.89. The van der Waals surface area contributed by atoms with Crippen LogP contribution >= 0.6 is 11.8 Å². The van der Waals surface area contributed by atoms with Crippen LogP contribution in [0.3, 0.4) is 0 Å². The number of benzene rings is 5. The molecule has 0 unspecified atom stereocenters. The van der Waals surface area contributed by atoms with E-state index in [0.717, 1.165) is 44.4 Å². The molecule has 2 nitrogen and oxygen atoms in total. The minimum Gasteiger partial charge on any atom is -0.455 e. The molecule has 0 amide bonds. The van der Waals surface area contributed by atoms with Gasteiger partial charge in [-0.05, 0) is 48.5 Å². The van der Waals surface area contributed by atoms with E-state index in [-0.39, 0.29) is 0 Å². The molecule has 6 rings (SSSR count). The van der Waals surface area contributed by atoms with Gasteiger partial charge in [0.1, 0.15) is 11.2 Å². The van der Waals surface area contributed by atoms with Gasteiger partial charge in [-0.15, -0.1) is 11.8 Å². The van der Waals surface area contributed by atoms with Crippen molar-refractivity contribution in [3.8, 4) is 0 Å². The molecule has 0 saturated heterocycles. The fraction of sp³-hybridized carbons (Fsp3) is 0.0968. The standard InChI is InChI=1S/C31H25NOS/c1-21(2)34-24-18-16-23(17-19-24)32(22-10-4-3-5-11-22)29-20-28-26-13-8-9-15-30(26)33-31(28)27-14-7-6-12-25(27)29/h3-21H,1-2H3. The monoisotopic (exact) mass is 459 g/mol. The highest BCUT2D eigenvalue weighted by molar-refractivity contribution is 7.99. The largest absolute Gasteiger partial charge is 0.455 e. The lowest BCUT2D eigenvalue weighted by Crippen LogP contribution is -2.10. The van der Waals surface area contributed by atoms with Crippen LogP contribution in [0.25, 0.3) is 32.7 Å². The van der Waals surface area contributed by atoms with E-state index in [0.29, 0.717) is 5.25 Å². The Balaban J connectivity index is 1.64. The summed E-state index contributed by atoms with van der Waals surface area (Å²) in [6, 6.07) is 38.6. The summed E-state index contributed by atoms with van der Waals surface area (Å²) in [5, 5.41) is 5.12. The van der Waals surface area contributed by atoms with Crippen molar-refractivity contribution in [2.24, 2.45) is 0 Å². The van der Waals surface area contributed by atoms with E-state index in [9.17, 15) is 0 Å². The van der Waals surface area contributed by atoms with Gasteiger partial charge < -0.3 is 9.32 Å². The second-order valence-electron chi connectivity index (χ2n) is 8.75. The highest BCUT2D eigenvalue weighted by atomic mass is 32.2. The summed E-state index contributed by atoms with van der Waals surface area (Å²) in [5.74, 6) is 0. The molecule has 5 aromatic carbocycles. The van der Waals surface area contributed by atoms with E-state index in [4.69, 9.17) is 4.42 Å². The van der Waals surface area contributed by atoms with E-state index in [1.54, 1.807) is 0 Å². The van der Waals surface area contributed by atoms with Gasteiger partial charge in [0.2, 0.25) is 0 Å². The summed E-state index contributed by atoms with van der Waals surface area (Å²) in [5.41, 5.74) is 5.27. The van der Waals surface area contributed by atoms with Crippen molar-refractivity contribution in [3.05, 3.63) is 109 Å². The van der Waals surface area contributed by atoms with Crippen LogP contribution in [0.15, 0.2) is 119 Å². The number of para-hydroxylation sites is 2. The van der Waals surface area contributed by atoms with Crippen LogP contribution in [-0.2, 0) is 0 Å². The van der Waals surface area contributed by atoms with Crippen LogP contribution in [0.1, 0.15) is 13.8 Å². The summed E-state index contributed by atoms with van der Waals surface area (Å²) in [6.07, 6.45) is 0. The van der Waals surface area contributed by atoms with Gasteiger partial charge in [-0.3, -0.25) is 0 Å². The molecule has 0 aliphatic rings. The Kier molecular flexibility index (Phi) is 5.27. The molecule has 0 radical (unpaired) electrons. The van der Waals surface area contributed by atoms with Crippen LogP contribution in [-0.4, -0.2) is 5.25 Å². The van der Waals surface area contributed by atoms with Gasteiger partial charge >= 0.3 is 0 Å². The number of fused-ring (bicyclic) bond motifs is 5. The first-order valence-electron chi connectivity index (χ1n) is 11.6. The number of hydrogen-bond acceptors (Lipinski definition) is 3. The van der Waals surface area contributed by atoms with Crippen molar-refractivity contribution in [1.82, 2.24) is 0 Å². The van der Waals surface area contributed by atoms with Crippen LogP contribution in [0.5, 0.6) is 0 Å². The van der Waals surface area contributed by atoms with Gasteiger partial charge in [0.05, 0.1) is 5.69 Å². The molecule has 0 bridgehead atoms. The first kappa shape index (κ1) is 20.9. The van der Waals surface area contributed by atoms with E-state index in [1.165, 1.54) is 10.3 Å². The fourth-order valence-corrected chi connectivity index (χ4v) is 5.50. The third-order valence-corrected chi connectivity index (χ3v) is 7.10. The quantitative estimate of drug-likeness (QED) is 0.239. The summed E-state index contributed by atoms with van der Waals surface area (Å²) in [7, 11) is 0. The van der Waals surface area contributed by atoms with Gasteiger partial charge in [-0.25, -0.2) is 0 Å². The van der Waals surface area contributed by atoms with Gasteiger partial charge in [0, 0.05) is 43.1 Å². The Hall–Kier alpha value is -3.69. The molecule has 166 valence electrons. The van der Waals surface area contributed by atoms with Gasteiger partial charge in [0.15, 0.2) is 0 Å². The predicted octanol–water partition coefficient (Wildman–Crippen LogP) is 9.71. The van der Waals surface area contributed by atoms with Gasteiger partial charge in [-0.1, -0.05) is 74.5 Å². The Bertz CT molecular complexity index is 1600. The number of hydrogen-bond donors (Lipinski definition) is 0. The number of furan rings is 1. The molecule has 6 aromatic rings. The van der Waals surface area contributed by atoms with Gasteiger partial charge in [0.25, 0.3) is 0 Å². The smallest absolute Gasteiger partial charge is 0.143 e. The lowest BCUT2D eigenvalue weighted by molar-refractivity contribution is 0.672. The SMILES string of the molecule is CC(C)Sc1ccc(N(c2ccccc2)c2cc3c4ccccc4oc3c3ccccc23)cc1. The number of thioether (sulfide) groups is 1. The molecule has 34 heavy (non-hydrogen) atoms. The molecular weight excluding hydrogens is 434 g/mol. The summed E-state index contributed by atoms with van der Waals surface area (Å²) < 4.78 is 6.34. The molecule has 3 heteroatoms. The normalized spacial score (nSPS) is 11.6. The number of anilines is 3. The molecule has 0 aliphatic carbocycles. The Labute approximate surface area is 203 Å². The fourth-order valence-electron chi connectivity index (χ4n) is 4.66. The summed E-state index contributed by atoms with van der Waals surface area (Å²) in [4.78, 5) is 3.64. The Morgan fingerprint density at radius 1 is 0.618 bits per heavy atom. The zero-order valence-corrected chi connectivity index (χ0v) is 20.0. The van der Waals surface area contributed by atoms with Crippen LogP contribution in [0.2, 0.25) is 0 Å². The molecule has 1 aromatic heterocycles. The van der Waals surface area contributed by atoms with Gasteiger partial charge in [-0.2, -0.15) is 0 Å². The van der Waals surface area contributed by atoms with E-state index in [2.05, 4.69) is 116 Å². The first-order chi connectivity index (χ1) is 16.7. The maximum absolute atomic E-state index is 6.34. The van der Waals surface area contributed by atoms with Crippen molar-refractivity contribution < 1.29 is 4.42 Å². The van der Waals surface area contributed by atoms with Crippen molar-refractivity contribution in [1.29, 1.82) is 0 Å². The zero-order chi connectivity index (χ0) is 23.1. The highest BCUT2D eigenvalue weighted by Gasteiger charge is 2.19. The molecule has 0 saturated carbocycles. The van der Waals surface area contributed by atoms with Crippen molar-refractivity contribution in [2.45, 2.75) is 24.0 Å². The molecular formula is C31H25NOS. The zero-order valence-electron chi connectivity index (χ0n) is 19.2. The molecule has 0 N–H and O–H groups in total. The third-order valence-electron chi connectivity index (χ3n) is 6.08. The molecule has 1 heterocycles. The minimum absolute atomic E-state index is 0.553. The molecule has 0 atom stereocenters. The van der Waals surface area contributed by atoms with Crippen LogP contribution in [0.4, 0.5) is 17.1 Å². The number of rotatable bonds is 5. The third kappa shape index (κ3) is 3.63. The maximum Gasteiger partial charge on any atom is 0.143 e. The number of nitrogens with zero attached hydrogens (tertiary/aromatic N) is 1. The molecule has 0 spiro atoms. The second-order valence-corrected chi connectivity index (χ2v) is 10.4. The average molecular weight is 460 g/mol. The topological polar surface area (TPSA) is 16.4 Å². The summed E-state index contributed by atoms with van der Waals surface area (Å²) in [6.45, 7) is 4.46. The van der Waals surface area contributed by atoms with Crippen LogP contribution in [0, 0.1) is 0 Å². The lowest BCUT2D eigenvalue weighted by atomic mass is 10.0. The maximum atomic E-state index is 6.34. The van der Waals surface area contributed by atoms with E-state index < -0.39 is 0 Å². The second kappa shape index (κ2) is 8.58. The van der Waals surface area contributed by atoms with Crippen molar-refractivity contribution in [2.75, 3.05) is 4.90 Å². The minimum atomic E-state index is 0.553. The Morgan fingerprint density at radius 3 is 1.97 bits per heavy atom. The molecule has 0 aliphatic heterocycles. The lowest BCUT2D eigenvalue weighted by Gasteiger charge is -2.27. The Morgan fingerprint density at radius 2 is 1.24 bits per heavy atom. The first-order valence-corrected chi connectivity index (χ1v) is 12.5. The average Bonchev–Trinajstić information content (AvgIpc) is 3.25. The van der Waals surface area contributed by atoms with Crippen LogP contribution < -0.4 is 4.90 Å². The van der Waals surface area contributed by atoms with Crippen molar-refractivity contribution in [3.63, 3.8) is 0 Å². The predicted molar refractivity (Wildman–Crippen MR) is 147 cm³/mol. The molecule has 0 fully saturated rings. The van der Waals surface area contributed by atoms with E-state index >= 15 is 0 Å². The van der Waals surface area contributed by atoms with E-state index in [1.807, 2.05) is 23.9 Å². The highest BCUT2D eigenvalue weighted by Crippen LogP contribution is 2.44. The van der Waals surface area contributed by atoms with Crippen molar-refractivity contribution >= 4 is 61.5 Å².